The Morgan fingerprint density at radius 3 is 3.00 bits per heavy atom. The Labute approximate surface area is 117 Å². The summed E-state index contributed by atoms with van der Waals surface area (Å²) in [6.07, 6.45) is 5.20. The van der Waals surface area contributed by atoms with Crippen LogP contribution in [0, 0.1) is 6.92 Å². The molecule has 1 N–H and O–H groups in total. The van der Waals surface area contributed by atoms with E-state index in [4.69, 9.17) is 4.42 Å². The van der Waals surface area contributed by atoms with Crippen LogP contribution in [-0.2, 0) is 13.1 Å². The van der Waals surface area contributed by atoms with Crippen molar-refractivity contribution in [1.82, 2.24) is 10.2 Å². The molecule has 1 unspecified atom stereocenters. The maximum Gasteiger partial charge on any atom is 0.118 e. The predicted octanol–water partition coefficient (Wildman–Crippen LogP) is 3.46. The molecule has 1 atom stereocenters. The van der Waals surface area contributed by atoms with Gasteiger partial charge in [-0.05, 0) is 52.3 Å². The molecule has 19 heavy (non-hydrogen) atoms. The minimum Gasteiger partial charge on any atom is -0.465 e. The predicted molar refractivity (Wildman–Crippen MR) is 79.2 cm³/mol. The number of aryl methyl sites for hydroxylation is 1. The van der Waals surface area contributed by atoms with Crippen molar-refractivity contribution in [2.45, 2.75) is 65.6 Å². The molecule has 2 rings (SSSR count). The Balaban J connectivity index is 1.91. The normalized spacial score (nSPS) is 20.9. The van der Waals surface area contributed by atoms with Gasteiger partial charge in [0.05, 0.1) is 6.54 Å². The maximum absolute atomic E-state index is 5.91. The van der Waals surface area contributed by atoms with Crippen LogP contribution in [0.4, 0.5) is 0 Å². The molecule has 0 aromatic carbocycles. The summed E-state index contributed by atoms with van der Waals surface area (Å²) < 4.78 is 5.91. The van der Waals surface area contributed by atoms with Gasteiger partial charge < -0.3 is 9.73 Å². The van der Waals surface area contributed by atoms with Gasteiger partial charge in [0.15, 0.2) is 0 Å². The second-order valence-electron chi connectivity index (χ2n) is 5.79. The molecule has 0 spiro atoms. The summed E-state index contributed by atoms with van der Waals surface area (Å²) >= 11 is 0. The Hall–Kier alpha value is -0.800. The van der Waals surface area contributed by atoms with E-state index in [1.807, 2.05) is 0 Å². The van der Waals surface area contributed by atoms with E-state index in [1.165, 1.54) is 37.8 Å². The molecule has 1 aliphatic heterocycles. The van der Waals surface area contributed by atoms with E-state index in [1.54, 1.807) is 0 Å². The van der Waals surface area contributed by atoms with Crippen LogP contribution in [0.3, 0.4) is 0 Å². The molecule has 3 nitrogen and oxygen atoms in total. The maximum atomic E-state index is 5.91. The average molecular weight is 264 g/mol. The Morgan fingerprint density at radius 1 is 1.42 bits per heavy atom. The molecule has 0 saturated carbocycles. The van der Waals surface area contributed by atoms with Crippen LogP contribution in [-0.4, -0.2) is 24.0 Å². The molecule has 1 aliphatic rings. The molecule has 2 heterocycles. The average Bonchev–Trinajstić information content (AvgIpc) is 2.73. The van der Waals surface area contributed by atoms with Gasteiger partial charge in [0.2, 0.25) is 0 Å². The quantitative estimate of drug-likeness (QED) is 0.798. The highest BCUT2D eigenvalue weighted by Crippen LogP contribution is 2.22. The first-order valence-corrected chi connectivity index (χ1v) is 7.73. The first kappa shape index (κ1) is 14.6. The summed E-state index contributed by atoms with van der Waals surface area (Å²) in [7, 11) is 0. The summed E-state index contributed by atoms with van der Waals surface area (Å²) in [6.45, 7) is 10.8. The molecular formula is C16H28N2O. The molecule has 108 valence electrons. The first-order chi connectivity index (χ1) is 9.20. The fourth-order valence-electron chi connectivity index (χ4n) is 2.83. The molecule has 3 heteroatoms. The van der Waals surface area contributed by atoms with E-state index in [0.29, 0.717) is 6.04 Å². The van der Waals surface area contributed by atoms with Gasteiger partial charge in [0.1, 0.15) is 11.5 Å². The third kappa shape index (κ3) is 4.08. The number of piperidine rings is 1. The summed E-state index contributed by atoms with van der Waals surface area (Å²) in [5, 5.41) is 3.44. The van der Waals surface area contributed by atoms with E-state index in [-0.39, 0.29) is 0 Å². The van der Waals surface area contributed by atoms with Crippen LogP contribution < -0.4 is 5.32 Å². The lowest BCUT2D eigenvalue weighted by molar-refractivity contribution is 0.141. The van der Waals surface area contributed by atoms with Crippen LogP contribution in [0.2, 0.25) is 0 Å². The fraction of sp³-hybridized carbons (Fsp3) is 0.750. The largest absolute Gasteiger partial charge is 0.465 e. The van der Waals surface area contributed by atoms with Crippen molar-refractivity contribution < 1.29 is 4.42 Å². The zero-order valence-electron chi connectivity index (χ0n) is 12.7. The van der Waals surface area contributed by atoms with E-state index >= 15 is 0 Å². The number of likely N-dealkylation sites (tertiary alicyclic amines) is 1. The highest BCUT2D eigenvalue weighted by molar-refractivity contribution is 5.20. The molecule has 0 bridgehead atoms. The molecular weight excluding hydrogens is 236 g/mol. The lowest BCUT2D eigenvalue weighted by Gasteiger charge is -2.32. The molecule has 0 radical (unpaired) electrons. The third-order valence-electron chi connectivity index (χ3n) is 4.11. The first-order valence-electron chi connectivity index (χ1n) is 7.73. The zero-order valence-corrected chi connectivity index (χ0v) is 12.7. The van der Waals surface area contributed by atoms with E-state index in [0.717, 1.165) is 31.2 Å². The number of rotatable bonds is 6. The fourth-order valence-corrected chi connectivity index (χ4v) is 2.83. The van der Waals surface area contributed by atoms with Crippen LogP contribution >= 0.6 is 0 Å². The van der Waals surface area contributed by atoms with Crippen molar-refractivity contribution in [1.29, 1.82) is 0 Å². The minimum atomic E-state index is 0.695. The molecule has 0 amide bonds. The monoisotopic (exact) mass is 264 g/mol. The standard InChI is InChI=1S/C16H28N2O/c1-4-8-17-11-15-10-16(19-14(15)3)12-18-9-6-5-7-13(18)2/h10,13,17H,4-9,11-12H2,1-3H3. The molecule has 1 aromatic heterocycles. The summed E-state index contributed by atoms with van der Waals surface area (Å²) in [6, 6.07) is 2.93. The number of nitrogens with zero attached hydrogens (tertiary/aromatic N) is 1. The van der Waals surface area contributed by atoms with Gasteiger partial charge in [0.25, 0.3) is 0 Å². The van der Waals surface area contributed by atoms with Crippen molar-refractivity contribution >= 4 is 0 Å². The highest BCUT2D eigenvalue weighted by atomic mass is 16.3. The summed E-state index contributed by atoms with van der Waals surface area (Å²) in [5.41, 5.74) is 1.31. The van der Waals surface area contributed by atoms with Gasteiger partial charge in [0, 0.05) is 18.2 Å². The number of nitrogens with one attached hydrogen (secondary N) is 1. The van der Waals surface area contributed by atoms with E-state index in [9.17, 15) is 0 Å². The van der Waals surface area contributed by atoms with Gasteiger partial charge in [-0.15, -0.1) is 0 Å². The zero-order chi connectivity index (χ0) is 13.7. The van der Waals surface area contributed by atoms with E-state index in [2.05, 4.69) is 37.1 Å². The van der Waals surface area contributed by atoms with Crippen LogP contribution in [0.25, 0.3) is 0 Å². The van der Waals surface area contributed by atoms with Crippen molar-refractivity contribution in [3.05, 3.63) is 23.2 Å². The highest BCUT2D eigenvalue weighted by Gasteiger charge is 2.20. The molecule has 1 saturated heterocycles. The molecule has 1 aromatic rings. The Kier molecular flexibility index (Phi) is 5.46. The van der Waals surface area contributed by atoms with Crippen molar-refractivity contribution in [3.63, 3.8) is 0 Å². The van der Waals surface area contributed by atoms with Gasteiger partial charge in [-0.3, -0.25) is 4.90 Å². The number of furan rings is 1. The van der Waals surface area contributed by atoms with Gasteiger partial charge >= 0.3 is 0 Å². The molecule has 0 aliphatic carbocycles. The van der Waals surface area contributed by atoms with E-state index < -0.39 is 0 Å². The smallest absolute Gasteiger partial charge is 0.118 e. The van der Waals surface area contributed by atoms with Gasteiger partial charge in [-0.25, -0.2) is 0 Å². The summed E-state index contributed by atoms with van der Waals surface area (Å²) in [5.74, 6) is 2.20. The third-order valence-corrected chi connectivity index (χ3v) is 4.11. The van der Waals surface area contributed by atoms with Crippen LogP contribution in [0.5, 0.6) is 0 Å². The number of hydrogen-bond donors (Lipinski definition) is 1. The van der Waals surface area contributed by atoms with Crippen molar-refractivity contribution in [2.75, 3.05) is 13.1 Å². The Bertz CT molecular complexity index is 386. The second kappa shape index (κ2) is 7.11. The molecule has 1 fully saturated rings. The van der Waals surface area contributed by atoms with Gasteiger partial charge in [-0.1, -0.05) is 13.3 Å². The Morgan fingerprint density at radius 2 is 2.26 bits per heavy atom. The second-order valence-corrected chi connectivity index (χ2v) is 5.79. The van der Waals surface area contributed by atoms with Crippen molar-refractivity contribution in [3.8, 4) is 0 Å². The topological polar surface area (TPSA) is 28.4 Å². The summed E-state index contributed by atoms with van der Waals surface area (Å²) in [4.78, 5) is 2.55. The minimum absolute atomic E-state index is 0.695. The van der Waals surface area contributed by atoms with Crippen molar-refractivity contribution in [2.24, 2.45) is 0 Å². The lowest BCUT2D eigenvalue weighted by atomic mass is 10.0. The van der Waals surface area contributed by atoms with Crippen LogP contribution in [0.15, 0.2) is 10.5 Å². The SMILES string of the molecule is CCCNCc1cc(CN2CCCCC2C)oc1C. The van der Waals surface area contributed by atoms with Gasteiger partial charge in [-0.2, -0.15) is 0 Å². The van der Waals surface area contributed by atoms with Crippen LogP contribution in [0.1, 0.15) is 56.6 Å². The lowest BCUT2D eigenvalue weighted by Crippen LogP contribution is -2.36. The number of hydrogen-bond acceptors (Lipinski definition) is 3.